The molecule has 0 radical (unpaired) electrons. The highest BCUT2D eigenvalue weighted by Crippen LogP contribution is 2.21. The Kier molecular flexibility index (Phi) is 4.52. The second-order valence-electron chi connectivity index (χ2n) is 5.48. The molecule has 0 saturated carbocycles. The zero-order chi connectivity index (χ0) is 15.3. The number of hydrogen-bond acceptors (Lipinski definition) is 6. The van der Waals surface area contributed by atoms with E-state index in [0.29, 0.717) is 18.9 Å². The number of methoxy groups -OCH3 is 1. The number of ether oxygens (including phenoxy) is 1. The second-order valence-corrected chi connectivity index (χ2v) is 5.48. The van der Waals surface area contributed by atoms with Gasteiger partial charge in [0.15, 0.2) is 0 Å². The van der Waals surface area contributed by atoms with E-state index in [2.05, 4.69) is 20.3 Å². The summed E-state index contributed by atoms with van der Waals surface area (Å²) in [6.07, 6.45) is 7.19. The number of aromatic nitrogens is 4. The molecule has 2 aromatic heterocycles. The largest absolute Gasteiger partial charge is 0.469 e. The highest BCUT2D eigenvalue weighted by Gasteiger charge is 2.22. The summed E-state index contributed by atoms with van der Waals surface area (Å²) >= 11 is 0. The molecule has 0 aliphatic rings. The van der Waals surface area contributed by atoms with Gasteiger partial charge in [0.1, 0.15) is 12.1 Å². The molecule has 0 aliphatic heterocycles. The lowest BCUT2D eigenvalue weighted by molar-refractivity contribution is -0.142. The van der Waals surface area contributed by atoms with Crippen LogP contribution in [0.4, 0.5) is 5.95 Å². The average molecular weight is 289 g/mol. The smallest absolute Gasteiger partial charge is 0.306 e. The van der Waals surface area contributed by atoms with Gasteiger partial charge >= 0.3 is 5.97 Å². The van der Waals surface area contributed by atoms with Crippen molar-refractivity contribution in [2.75, 3.05) is 19.0 Å². The van der Waals surface area contributed by atoms with Crippen molar-refractivity contribution >= 4 is 11.9 Å². The third-order valence-electron chi connectivity index (χ3n) is 2.99. The Bertz CT molecular complexity index is 595. The molecule has 0 amide bonds. The Labute approximate surface area is 123 Å². The summed E-state index contributed by atoms with van der Waals surface area (Å²) in [5, 5.41) is 3.15. The first-order chi connectivity index (χ1) is 10.00. The van der Waals surface area contributed by atoms with Gasteiger partial charge in [0.2, 0.25) is 5.95 Å². The number of carbonyl (C=O) groups excluding carboxylic acids is 1. The number of imidazole rings is 1. The van der Waals surface area contributed by atoms with Crippen LogP contribution in [0.1, 0.15) is 20.3 Å². The van der Waals surface area contributed by atoms with Gasteiger partial charge in [-0.15, -0.1) is 0 Å². The van der Waals surface area contributed by atoms with Crippen molar-refractivity contribution in [1.29, 1.82) is 0 Å². The van der Waals surface area contributed by atoms with Gasteiger partial charge in [-0.3, -0.25) is 9.36 Å². The van der Waals surface area contributed by atoms with Crippen LogP contribution in [0.3, 0.4) is 0 Å². The monoisotopic (exact) mass is 289 g/mol. The molecule has 1 N–H and O–H groups in total. The van der Waals surface area contributed by atoms with Crippen molar-refractivity contribution in [2.24, 2.45) is 5.41 Å². The van der Waals surface area contributed by atoms with E-state index >= 15 is 0 Å². The molecule has 0 spiro atoms. The quantitative estimate of drug-likeness (QED) is 0.814. The summed E-state index contributed by atoms with van der Waals surface area (Å²) < 4.78 is 6.50. The van der Waals surface area contributed by atoms with Crippen LogP contribution < -0.4 is 5.32 Å². The molecular formula is C14H19N5O2. The zero-order valence-electron chi connectivity index (χ0n) is 12.4. The average Bonchev–Trinajstić information content (AvgIpc) is 2.99. The predicted molar refractivity (Wildman–Crippen MR) is 78.1 cm³/mol. The van der Waals surface area contributed by atoms with E-state index in [1.165, 1.54) is 7.11 Å². The van der Waals surface area contributed by atoms with Crippen LogP contribution in [0.5, 0.6) is 0 Å². The van der Waals surface area contributed by atoms with Crippen molar-refractivity contribution in [3.05, 3.63) is 31.0 Å². The van der Waals surface area contributed by atoms with Gasteiger partial charge < -0.3 is 10.1 Å². The Balaban J connectivity index is 2.00. The molecule has 0 atom stereocenters. The summed E-state index contributed by atoms with van der Waals surface area (Å²) in [4.78, 5) is 23.9. The minimum Gasteiger partial charge on any atom is -0.469 e. The van der Waals surface area contributed by atoms with Crippen molar-refractivity contribution in [3.8, 4) is 5.82 Å². The topological polar surface area (TPSA) is 81.9 Å². The van der Waals surface area contributed by atoms with E-state index in [-0.39, 0.29) is 11.4 Å². The number of rotatable bonds is 6. The summed E-state index contributed by atoms with van der Waals surface area (Å²) in [5.41, 5.74) is -0.249. The van der Waals surface area contributed by atoms with Gasteiger partial charge in [-0.05, 0) is 11.5 Å². The van der Waals surface area contributed by atoms with Crippen LogP contribution in [0.15, 0.2) is 31.0 Å². The summed E-state index contributed by atoms with van der Waals surface area (Å²) in [6.45, 7) is 4.53. The lowest BCUT2D eigenvalue weighted by Crippen LogP contribution is -2.27. The predicted octanol–water partition coefficient (Wildman–Crippen LogP) is 1.66. The van der Waals surface area contributed by atoms with Crippen molar-refractivity contribution in [1.82, 2.24) is 19.5 Å². The molecule has 0 saturated heterocycles. The van der Waals surface area contributed by atoms with E-state index in [1.807, 2.05) is 20.0 Å². The maximum Gasteiger partial charge on any atom is 0.306 e. The number of nitrogens with zero attached hydrogens (tertiary/aromatic N) is 4. The molecule has 112 valence electrons. The SMILES string of the molecule is COC(=O)CC(C)(C)CNc1nccc(-n2ccnc2)n1. The summed E-state index contributed by atoms with van der Waals surface area (Å²) in [6, 6.07) is 1.80. The molecule has 2 rings (SSSR count). The molecule has 2 heterocycles. The molecule has 21 heavy (non-hydrogen) atoms. The molecule has 0 aromatic carbocycles. The zero-order valence-corrected chi connectivity index (χ0v) is 12.4. The van der Waals surface area contributed by atoms with Gasteiger partial charge in [0.05, 0.1) is 13.5 Å². The highest BCUT2D eigenvalue weighted by atomic mass is 16.5. The molecule has 0 unspecified atom stereocenters. The number of carbonyl (C=O) groups is 1. The first kappa shape index (κ1) is 15.0. The van der Waals surface area contributed by atoms with Gasteiger partial charge in [-0.2, -0.15) is 4.98 Å². The molecular weight excluding hydrogens is 270 g/mol. The number of anilines is 1. The van der Waals surface area contributed by atoms with E-state index in [9.17, 15) is 4.79 Å². The molecule has 0 fully saturated rings. The van der Waals surface area contributed by atoms with Crippen LogP contribution in [0.2, 0.25) is 0 Å². The van der Waals surface area contributed by atoms with Gasteiger partial charge in [-0.25, -0.2) is 9.97 Å². The first-order valence-electron chi connectivity index (χ1n) is 6.62. The third-order valence-corrected chi connectivity index (χ3v) is 2.99. The normalized spacial score (nSPS) is 11.2. The van der Waals surface area contributed by atoms with Crippen molar-refractivity contribution < 1.29 is 9.53 Å². The number of nitrogens with one attached hydrogen (secondary N) is 1. The van der Waals surface area contributed by atoms with E-state index in [1.54, 1.807) is 29.4 Å². The molecule has 0 bridgehead atoms. The standard InChI is InChI=1S/C14H19N5O2/c1-14(2,8-12(20)21-3)9-17-13-16-5-4-11(18-13)19-7-6-15-10-19/h4-7,10H,8-9H2,1-3H3,(H,16,17,18). The Morgan fingerprint density at radius 3 is 2.90 bits per heavy atom. The Morgan fingerprint density at radius 1 is 1.43 bits per heavy atom. The van der Waals surface area contributed by atoms with Gasteiger partial charge in [-0.1, -0.05) is 13.8 Å². The molecule has 0 aliphatic carbocycles. The Hall–Kier alpha value is -2.44. The first-order valence-corrected chi connectivity index (χ1v) is 6.62. The van der Waals surface area contributed by atoms with Crippen LogP contribution in [0.25, 0.3) is 5.82 Å². The lowest BCUT2D eigenvalue weighted by Gasteiger charge is -2.23. The fourth-order valence-corrected chi connectivity index (χ4v) is 1.82. The third kappa shape index (κ3) is 4.27. The molecule has 2 aromatic rings. The van der Waals surface area contributed by atoms with Crippen molar-refractivity contribution in [2.45, 2.75) is 20.3 Å². The van der Waals surface area contributed by atoms with Crippen LogP contribution >= 0.6 is 0 Å². The van der Waals surface area contributed by atoms with E-state index in [4.69, 9.17) is 4.74 Å². The maximum absolute atomic E-state index is 11.4. The number of hydrogen-bond donors (Lipinski definition) is 1. The van der Waals surface area contributed by atoms with Crippen LogP contribution in [0, 0.1) is 5.41 Å². The highest BCUT2D eigenvalue weighted by molar-refractivity contribution is 5.70. The minimum atomic E-state index is -0.249. The van der Waals surface area contributed by atoms with E-state index in [0.717, 1.165) is 5.82 Å². The van der Waals surface area contributed by atoms with Crippen molar-refractivity contribution in [3.63, 3.8) is 0 Å². The van der Waals surface area contributed by atoms with Crippen LogP contribution in [-0.4, -0.2) is 39.1 Å². The van der Waals surface area contributed by atoms with Crippen LogP contribution in [-0.2, 0) is 9.53 Å². The summed E-state index contributed by atoms with van der Waals surface area (Å²) in [7, 11) is 1.39. The molecule has 7 nitrogen and oxygen atoms in total. The fourth-order valence-electron chi connectivity index (χ4n) is 1.82. The van der Waals surface area contributed by atoms with Gasteiger partial charge in [0.25, 0.3) is 0 Å². The molecule has 7 heteroatoms. The Morgan fingerprint density at radius 2 is 2.24 bits per heavy atom. The fraction of sp³-hybridized carbons (Fsp3) is 0.429. The lowest BCUT2D eigenvalue weighted by atomic mass is 9.89. The summed E-state index contributed by atoms with van der Waals surface area (Å²) in [5.74, 6) is 1.02. The number of esters is 1. The minimum absolute atomic E-state index is 0.227. The maximum atomic E-state index is 11.4. The van der Waals surface area contributed by atoms with E-state index < -0.39 is 0 Å². The van der Waals surface area contributed by atoms with Gasteiger partial charge in [0, 0.05) is 25.1 Å². The second kappa shape index (κ2) is 6.34.